The highest BCUT2D eigenvalue weighted by Crippen LogP contribution is 2.38. The van der Waals surface area contributed by atoms with Crippen LogP contribution in [0.5, 0.6) is 0 Å². The molecular formula is C23H35ClN2. The van der Waals surface area contributed by atoms with Crippen LogP contribution in [0, 0.1) is 11.8 Å². The number of halogens is 1. The van der Waals surface area contributed by atoms with Gasteiger partial charge in [0.15, 0.2) is 0 Å². The van der Waals surface area contributed by atoms with E-state index in [0.717, 1.165) is 11.7 Å². The molecule has 0 radical (unpaired) electrons. The quantitative estimate of drug-likeness (QED) is 0.466. The van der Waals surface area contributed by atoms with E-state index in [4.69, 9.17) is 21.6 Å². The van der Waals surface area contributed by atoms with Crippen LogP contribution in [0.3, 0.4) is 0 Å². The number of hydrogen-bond donors (Lipinski definition) is 0. The molecule has 2 saturated carbocycles. The minimum Gasteiger partial charge on any atom is -0.241 e. The SMILES string of the molecule is CCCCCC1CCC(c2cnc(C3CCC(C=CCl)CC3)nc2)CC1. The summed E-state index contributed by atoms with van der Waals surface area (Å²) in [6.07, 6.45) is 22.3. The Kier molecular flexibility index (Phi) is 7.98. The summed E-state index contributed by atoms with van der Waals surface area (Å²) in [5.74, 6) is 3.91. The van der Waals surface area contributed by atoms with E-state index in [9.17, 15) is 0 Å². The summed E-state index contributed by atoms with van der Waals surface area (Å²) in [4.78, 5) is 9.55. The summed E-state index contributed by atoms with van der Waals surface area (Å²) in [6.45, 7) is 2.29. The van der Waals surface area contributed by atoms with Gasteiger partial charge in [0.05, 0.1) is 0 Å². The lowest BCUT2D eigenvalue weighted by Gasteiger charge is -2.29. The minimum absolute atomic E-state index is 0.540. The van der Waals surface area contributed by atoms with Crippen molar-refractivity contribution in [2.45, 2.75) is 95.8 Å². The predicted molar refractivity (Wildman–Crippen MR) is 111 cm³/mol. The van der Waals surface area contributed by atoms with Crippen molar-refractivity contribution in [3.8, 4) is 0 Å². The Labute approximate surface area is 164 Å². The number of hydrogen-bond acceptors (Lipinski definition) is 2. The van der Waals surface area contributed by atoms with Crippen LogP contribution in [0.4, 0.5) is 0 Å². The summed E-state index contributed by atoms with van der Waals surface area (Å²) >= 11 is 5.71. The second-order valence-corrected chi connectivity index (χ2v) is 8.77. The Morgan fingerprint density at radius 1 is 0.923 bits per heavy atom. The van der Waals surface area contributed by atoms with Gasteiger partial charge in [-0.2, -0.15) is 0 Å². The van der Waals surface area contributed by atoms with Crippen molar-refractivity contribution in [2.24, 2.45) is 11.8 Å². The van der Waals surface area contributed by atoms with Crippen molar-refractivity contribution in [1.82, 2.24) is 9.97 Å². The Hall–Kier alpha value is -0.890. The number of unbranched alkanes of at least 4 members (excludes halogenated alkanes) is 2. The van der Waals surface area contributed by atoms with Crippen molar-refractivity contribution < 1.29 is 0 Å². The fourth-order valence-electron chi connectivity index (χ4n) is 4.91. The van der Waals surface area contributed by atoms with Crippen LogP contribution in [0.25, 0.3) is 0 Å². The lowest BCUT2D eigenvalue weighted by molar-refractivity contribution is 0.302. The minimum atomic E-state index is 0.540. The van der Waals surface area contributed by atoms with Crippen molar-refractivity contribution in [2.75, 3.05) is 0 Å². The van der Waals surface area contributed by atoms with Gasteiger partial charge in [0.2, 0.25) is 0 Å². The topological polar surface area (TPSA) is 25.8 Å². The molecule has 26 heavy (non-hydrogen) atoms. The van der Waals surface area contributed by atoms with Crippen molar-refractivity contribution >= 4 is 11.6 Å². The Morgan fingerprint density at radius 3 is 2.19 bits per heavy atom. The monoisotopic (exact) mass is 374 g/mol. The molecule has 3 heteroatoms. The first-order chi connectivity index (χ1) is 12.8. The van der Waals surface area contributed by atoms with E-state index in [1.54, 1.807) is 5.54 Å². The Bertz CT molecular complexity index is 538. The van der Waals surface area contributed by atoms with E-state index in [-0.39, 0.29) is 0 Å². The van der Waals surface area contributed by atoms with Crippen LogP contribution in [0.1, 0.15) is 107 Å². The Balaban J connectivity index is 1.46. The van der Waals surface area contributed by atoms with Gasteiger partial charge in [-0.15, -0.1) is 0 Å². The maximum Gasteiger partial charge on any atom is 0.131 e. The van der Waals surface area contributed by atoms with Gasteiger partial charge in [-0.3, -0.25) is 0 Å². The van der Waals surface area contributed by atoms with Gasteiger partial charge in [0.1, 0.15) is 5.82 Å². The number of allylic oxidation sites excluding steroid dienone is 1. The van der Waals surface area contributed by atoms with Crippen LogP contribution in [-0.2, 0) is 0 Å². The standard InChI is InChI=1S/C23H35ClN2/c1-2-3-4-5-18-6-10-20(11-7-18)22-16-25-23(26-17-22)21-12-8-19(9-13-21)14-15-24/h14-21H,2-13H2,1H3. The van der Waals surface area contributed by atoms with Gasteiger partial charge < -0.3 is 0 Å². The molecule has 2 aliphatic carbocycles. The summed E-state index contributed by atoms with van der Waals surface area (Å²) in [6, 6.07) is 0. The van der Waals surface area contributed by atoms with Gasteiger partial charge in [-0.1, -0.05) is 50.3 Å². The van der Waals surface area contributed by atoms with E-state index in [0.29, 0.717) is 17.8 Å². The highest BCUT2D eigenvalue weighted by Gasteiger charge is 2.25. The van der Waals surface area contributed by atoms with Crippen LogP contribution < -0.4 is 0 Å². The zero-order valence-electron chi connectivity index (χ0n) is 16.4. The number of rotatable bonds is 7. The van der Waals surface area contributed by atoms with Gasteiger partial charge in [-0.05, 0) is 74.7 Å². The smallest absolute Gasteiger partial charge is 0.131 e. The molecule has 0 spiro atoms. The van der Waals surface area contributed by atoms with Crippen molar-refractivity contribution in [1.29, 1.82) is 0 Å². The molecule has 0 aliphatic heterocycles. The molecule has 1 aromatic rings. The Morgan fingerprint density at radius 2 is 1.58 bits per heavy atom. The molecular weight excluding hydrogens is 340 g/mol. The molecule has 0 N–H and O–H groups in total. The van der Waals surface area contributed by atoms with Gasteiger partial charge in [0, 0.05) is 23.8 Å². The molecule has 1 aromatic heterocycles. The second kappa shape index (κ2) is 10.4. The van der Waals surface area contributed by atoms with Crippen molar-refractivity contribution in [3.63, 3.8) is 0 Å². The second-order valence-electron chi connectivity index (χ2n) is 8.52. The van der Waals surface area contributed by atoms with Crippen LogP contribution in [0.2, 0.25) is 0 Å². The number of nitrogens with zero attached hydrogens (tertiary/aromatic N) is 2. The third-order valence-electron chi connectivity index (χ3n) is 6.71. The van der Waals surface area contributed by atoms with Crippen LogP contribution in [0.15, 0.2) is 24.0 Å². The average Bonchev–Trinajstić information content (AvgIpc) is 2.70. The molecule has 2 nitrogen and oxygen atoms in total. The maximum atomic E-state index is 5.71. The molecule has 0 saturated heterocycles. The van der Waals surface area contributed by atoms with Crippen LogP contribution in [-0.4, -0.2) is 9.97 Å². The van der Waals surface area contributed by atoms with Crippen LogP contribution >= 0.6 is 11.6 Å². The van der Waals surface area contributed by atoms with E-state index in [2.05, 4.69) is 25.4 Å². The lowest BCUT2D eigenvalue weighted by Crippen LogP contribution is -2.16. The molecule has 2 fully saturated rings. The van der Waals surface area contributed by atoms with E-state index < -0.39 is 0 Å². The predicted octanol–water partition coefficient (Wildman–Crippen LogP) is 7.36. The highest BCUT2D eigenvalue weighted by molar-refractivity contribution is 6.25. The summed E-state index contributed by atoms with van der Waals surface area (Å²) in [5, 5.41) is 0. The zero-order valence-corrected chi connectivity index (χ0v) is 17.1. The molecule has 3 rings (SSSR count). The molecule has 0 atom stereocenters. The summed E-state index contributed by atoms with van der Waals surface area (Å²) < 4.78 is 0. The highest BCUT2D eigenvalue weighted by atomic mass is 35.5. The molecule has 0 bridgehead atoms. The normalized spacial score (nSPS) is 29.9. The summed E-state index contributed by atoms with van der Waals surface area (Å²) in [7, 11) is 0. The van der Waals surface area contributed by atoms with E-state index >= 15 is 0 Å². The van der Waals surface area contributed by atoms with Gasteiger partial charge in [-0.25, -0.2) is 9.97 Å². The molecule has 0 amide bonds. The third-order valence-corrected chi connectivity index (χ3v) is 6.85. The van der Waals surface area contributed by atoms with Crippen molar-refractivity contribution in [3.05, 3.63) is 35.4 Å². The first kappa shape index (κ1) is 19.9. The summed E-state index contributed by atoms with van der Waals surface area (Å²) in [5.41, 5.74) is 3.05. The largest absolute Gasteiger partial charge is 0.241 e. The zero-order chi connectivity index (χ0) is 18.2. The number of aromatic nitrogens is 2. The first-order valence-corrected chi connectivity index (χ1v) is 11.3. The molecule has 1 heterocycles. The lowest BCUT2D eigenvalue weighted by atomic mass is 9.77. The fourth-order valence-corrected chi connectivity index (χ4v) is 5.12. The first-order valence-electron chi connectivity index (χ1n) is 10.9. The molecule has 144 valence electrons. The molecule has 0 unspecified atom stereocenters. The molecule has 2 aliphatic rings. The van der Waals surface area contributed by atoms with Gasteiger partial charge in [0.25, 0.3) is 0 Å². The average molecular weight is 375 g/mol. The molecule has 0 aromatic carbocycles. The third kappa shape index (κ3) is 5.55. The van der Waals surface area contributed by atoms with E-state index in [1.807, 2.05) is 0 Å². The fraction of sp³-hybridized carbons (Fsp3) is 0.739. The maximum absolute atomic E-state index is 5.71. The van der Waals surface area contributed by atoms with E-state index in [1.165, 1.54) is 82.6 Å². The van der Waals surface area contributed by atoms with Gasteiger partial charge >= 0.3 is 0 Å².